The molecule has 0 fully saturated rings. The maximum Gasteiger partial charge on any atom is 0.230 e. The molecular formula is C12H13NOS. The summed E-state index contributed by atoms with van der Waals surface area (Å²) in [6, 6.07) is 10.1. The van der Waals surface area contributed by atoms with Gasteiger partial charge in [-0.25, -0.2) is 0 Å². The van der Waals surface area contributed by atoms with E-state index in [0.29, 0.717) is 12.3 Å². The Balaban J connectivity index is 2.17. The van der Waals surface area contributed by atoms with E-state index < -0.39 is 0 Å². The van der Waals surface area contributed by atoms with Gasteiger partial charge in [-0.1, -0.05) is 36.3 Å². The molecule has 0 aliphatic heterocycles. The summed E-state index contributed by atoms with van der Waals surface area (Å²) in [4.78, 5) is 11.2. The summed E-state index contributed by atoms with van der Waals surface area (Å²) < 4.78 is 0. The molecule has 2 nitrogen and oxygen atoms in total. The van der Waals surface area contributed by atoms with Crippen molar-refractivity contribution >= 4 is 17.7 Å². The topological polar surface area (TPSA) is 29.1 Å². The number of hydrogen-bond donors (Lipinski definition) is 1. The fourth-order valence-corrected chi connectivity index (χ4v) is 1.85. The summed E-state index contributed by atoms with van der Waals surface area (Å²) in [6.07, 6.45) is 5.03. The van der Waals surface area contributed by atoms with Crippen LogP contribution in [-0.2, 0) is 10.5 Å². The van der Waals surface area contributed by atoms with Gasteiger partial charge in [-0.2, -0.15) is 0 Å². The molecule has 1 aromatic carbocycles. The Morgan fingerprint density at radius 2 is 2.13 bits per heavy atom. The van der Waals surface area contributed by atoms with E-state index >= 15 is 0 Å². The fourth-order valence-electron chi connectivity index (χ4n) is 1.04. The van der Waals surface area contributed by atoms with E-state index in [1.807, 2.05) is 30.3 Å². The minimum atomic E-state index is -0.00567. The summed E-state index contributed by atoms with van der Waals surface area (Å²) in [5.41, 5.74) is 1.23. The monoisotopic (exact) mass is 219 g/mol. The number of carbonyl (C=O) groups is 1. The van der Waals surface area contributed by atoms with Crippen molar-refractivity contribution in [3.63, 3.8) is 0 Å². The zero-order valence-corrected chi connectivity index (χ0v) is 9.22. The molecule has 3 heteroatoms. The van der Waals surface area contributed by atoms with Gasteiger partial charge in [0.25, 0.3) is 0 Å². The van der Waals surface area contributed by atoms with Gasteiger partial charge in [-0.05, 0) is 5.56 Å². The van der Waals surface area contributed by atoms with Crippen molar-refractivity contribution in [1.82, 2.24) is 5.32 Å². The van der Waals surface area contributed by atoms with Crippen LogP contribution in [0.25, 0.3) is 0 Å². The predicted octanol–water partition coefficient (Wildman–Crippen LogP) is 1.67. The molecule has 1 aromatic rings. The average Bonchev–Trinajstić information content (AvgIpc) is 2.28. The zero-order chi connectivity index (χ0) is 10.9. The molecule has 0 aliphatic carbocycles. The first-order valence-corrected chi connectivity index (χ1v) is 5.80. The van der Waals surface area contributed by atoms with E-state index in [0.717, 1.165) is 5.75 Å². The Morgan fingerprint density at radius 3 is 2.80 bits per heavy atom. The molecule has 0 saturated carbocycles. The van der Waals surface area contributed by atoms with Crippen LogP contribution >= 0.6 is 11.8 Å². The Kier molecular flexibility index (Phi) is 5.42. The molecule has 0 heterocycles. The van der Waals surface area contributed by atoms with Gasteiger partial charge in [-0.3, -0.25) is 4.79 Å². The van der Waals surface area contributed by atoms with Gasteiger partial charge >= 0.3 is 0 Å². The molecule has 1 amide bonds. The van der Waals surface area contributed by atoms with Crippen molar-refractivity contribution in [3.8, 4) is 12.3 Å². The second kappa shape index (κ2) is 6.97. The lowest BCUT2D eigenvalue weighted by Gasteiger charge is -2.01. The van der Waals surface area contributed by atoms with Crippen molar-refractivity contribution in [2.24, 2.45) is 0 Å². The van der Waals surface area contributed by atoms with Gasteiger partial charge in [0.1, 0.15) is 0 Å². The van der Waals surface area contributed by atoms with Crippen molar-refractivity contribution in [2.75, 3.05) is 12.3 Å². The van der Waals surface area contributed by atoms with Crippen LogP contribution in [0.15, 0.2) is 30.3 Å². The number of nitrogens with one attached hydrogen (secondary N) is 1. The Morgan fingerprint density at radius 1 is 1.40 bits per heavy atom. The van der Waals surface area contributed by atoms with Gasteiger partial charge in [0.2, 0.25) is 5.91 Å². The quantitative estimate of drug-likeness (QED) is 0.763. The summed E-state index contributed by atoms with van der Waals surface area (Å²) in [5.74, 6) is 3.67. The maximum absolute atomic E-state index is 11.2. The van der Waals surface area contributed by atoms with Gasteiger partial charge in [0.15, 0.2) is 0 Å². The molecule has 1 N–H and O–H groups in total. The standard InChI is InChI=1S/C12H13NOS/c1-2-8-13-12(14)10-15-9-11-6-4-3-5-7-11/h1,3-7H,8-10H2,(H,13,14). The number of thioether (sulfide) groups is 1. The molecule has 0 unspecified atom stereocenters. The van der Waals surface area contributed by atoms with E-state index in [2.05, 4.69) is 11.2 Å². The smallest absolute Gasteiger partial charge is 0.230 e. The largest absolute Gasteiger partial charge is 0.344 e. The first kappa shape index (κ1) is 11.7. The zero-order valence-electron chi connectivity index (χ0n) is 8.40. The highest BCUT2D eigenvalue weighted by atomic mass is 32.2. The van der Waals surface area contributed by atoms with E-state index in [1.54, 1.807) is 11.8 Å². The second-order valence-corrected chi connectivity index (χ2v) is 3.94. The average molecular weight is 219 g/mol. The number of rotatable bonds is 5. The highest BCUT2D eigenvalue weighted by Gasteiger charge is 1.99. The van der Waals surface area contributed by atoms with Crippen molar-refractivity contribution in [1.29, 1.82) is 0 Å². The number of hydrogen-bond acceptors (Lipinski definition) is 2. The summed E-state index contributed by atoms with van der Waals surface area (Å²) in [7, 11) is 0. The van der Waals surface area contributed by atoms with Gasteiger partial charge in [-0.15, -0.1) is 18.2 Å². The summed E-state index contributed by atoms with van der Waals surface area (Å²) in [6.45, 7) is 0.310. The third kappa shape index (κ3) is 5.14. The first-order chi connectivity index (χ1) is 7.33. The first-order valence-electron chi connectivity index (χ1n) is 4.65. The minimum Gasteiger partial charge on any atom is -0.344 e. The van der Waals surface area contributed by atoms with Crippen LogP contribution in [-0.4, -0.2) is 18.2 Å². The normalized spacial score (nSPS) is 9.27. The van der Waals surface area contributed by atoms with Crippen LogP contribution in [0, 0.1) is 12.3 Å². The molecule has 0 aliphatic rings. The molecule has 0 radical (unpaired) electrons. The van der Waals surface area contributed by atoms with Crippen LogP contribution in [0.3, 0.4) is 0 Å². The SMILES string of the molecule is C#CCNC(=O)CSCc1ccccc1. The molecule has 0 aromatic heterocycles. The van der Waals surface area contributed by atoms with E-state index in [1.165, 1.54) is 5.56 Å². The third-order valence-electron chi connectivity index (χ3n) is 1.73. The number of benzene rings is 1. The van der Waals surface area contributed by atoms with Gasteiger partial charge in [0, 0.05) is 5.75 Å². The maximum atomic E-state index is 11.2. The number of terminal acetylenes is 1. The predicted molar refractivity (Wildman–Crippen MR) is 64.4 cm³/mol. The molecule has 1 rings (SSSR count). The fraction of sp³-hybridized carbons (Fsp3) is 0.250. The van der Waals surface area contributed by atoms with Crippen molar-refractivity contribution in [3.05, 3.63) is 35.9 Å². The van der Waals surface area contributed by atoms with Crippen LogP contribution in [0.2, 0.25) is 0 Å². The molecule has 15 heavy (non-hydrogen) atoms. The highest BCUT2D eigenvalue weighted by molar-refractivity contribution is 7.99. The van der Waals surface area contributed by atoms with E-state index in [4.69, 9.17) is 6.42 Å². The molecule has 0 bridgehead atoms. The third-order valence-corrected chi connectivity index (χ3v) is 2.74. The highest BCUT2D eigenvalue weighted by Crippen LogP contribution is 2.10. The Labute approximate surface area is 94.5 Å². The van der Waals surface area contributed by atoms with Gasteiger partial charge < -0.3 is 5.32 Å². The van der Waals surface area contributed by atoms with E-state index in [9.17, 15) is 4.79 Å². The lowest BCUT2D eigenvalue weighted by Crippen LogP contribution is -2.25. The number of carbonyl (C=O) groups excluding carboxylic acids is 1. The molecule has 0 spiro atoms. The molecule has 0 atom stereocenters. The summed E-state index contributed by atoms with van der Waals surface area (Å²) >= 11 is 1.58. The van der Waals surface area contributed by atoms with Crippen LogP contribution in [0.4, 0.5) is 0 Å². The minimum absolute atomic E-state index is 0.00567. The molecule has 78 valence electrons. The molecular weight excluding hydrogens is 206 g/mol. The lowest BCUT2D eigenvalue weighted by molar-refractivity contribution is -0.118. The van der Waals surface area contributed by atoms with Crippen molar-refractivity contribution in [2.45, 2.75) is 5.75 Å². The molecule has 0 saturated heterocycles. The second-order valence-electron chi connectivity index (χ2n) is 2.96. The van der Waals surface area contributed by atoms with Gasteiger partial charge in [0.05, 0.1) is 12.3 Å². The Hall–Kier alpha value is -1.40. The van der Waals surface area contributed by atoms with Crippen LogP contribution in [0.1, 0.15) is 5.56 Å². The lowest BCUT2D eigenvalue weighted by atomic mass is 10.2. The number of amides is 1. The van der Waals surface area contributed by atoms with Crippen molar-refractivity contribution < 1.29 is 4.79 Å². The van der Waals surface area contributed by atoms with Crippen LogP contribution in [0.5, 0.6) is 0 Å². The van der Waals surface area contributed by atoms with E-state index in [-0.39, 0.29) is 5.91 Å². The Bertz CT molecular complexity index is 342. The summed E-state index contributed by atoms with van der Waals surface area (Å²) in [5, 5.41) is 2.62. The van der Waals surface area contributed by atoms with Crippen LogP contribution < -0.4 is 5.32 Å².